The molecule has 148 valence electrons. The second-order valence-corrected chi connectivity index (χ2v) is 9.92. The molecule has 1 saturated heterocycles. The lowest BCUT2D eigenvalue weighted by atomic mass is 10.2. The number of rotatable bonds is 4. The number of primary sulfonamides is 1. The number of anilines is 1. The first-order valence-electron chi connectivity index (χ1n) is 8.60. The number of nitriles is 1. The Morgan fingerprint density at radius 2 is 1.43 bits per heavy atom. The third-order valence-electron chi connectivity index (χ3n) is 4.61. The minimum Gasteiger partial charge on any atom is -0.370 e. The Kier molecular flexibility index (Phi) is 5.71. The van der Waals surface area contributed by atoms with E-state index in [0.29, 0.717) is 38.2 Å². The van der Waals surface area contributed by atoms with Crippen LogP contribution >= 0.6 is 0 Å². The van der Waals surface area contributed by atoms with Crippen molar-refractivity contribution in [2.45, 2.75) is 16.2 Å². The Hall–Kier alpha value is -2.45. The van der Waals surface area contributed by atoms with Gasteiger partial charge in [-0.25, -0.2) is 22.0 Å². The van der Waals surface area contributed by atoms with Crippen LogP contribution in [0.3, 0.4) is 0 Å². The van der Waals surface area contributed by atoms with Gasteiger partial charge in [0.1, 0.15) is 0 Å². The molecule has 0 bridgehead atoms. The molecule has 1 aliphatic rings. The lowest BCUT2D eigenvalue weighted by Gasteiger charge is -2.23. The lowest BCUT2D eigenvalue weighted by Crippen LogP contribution is -2.35. The van der Waals surface area contributed by atoms with Crippen molar-refractivity contribution in [3.05, 3.63) is 54.1 Å². The lowest BCUT2D eigenvalue weighted by molar-refractivity contribution is 0.433. The summed E-state index contributed by atoms with van der Waals surface area (Å²) in [5.41, 5.74) is 1.52. The Morgan fingerprint density at radius 3 is 2.00 bits per heavy atom. The Labute approximate surface area is 164 Å². The fourth-order valence-electron chi connectivity index (χ4n) is 3.09. The molecule has 1 heterocycles. The largest absolute Gasteiger partial charge is 0.370 e. The molecule has 8 nitrogen and oxygen atoms in total. The summed E-state index contributed by atoms with van der Waals surface area (Å²) in [4.78, 5) is 1.99. The van der Waals surface area contributed by atoms with Crippen molar-refractivity contribution in [2.75, 3.05) is 31.1 Å². The summed E-state index contributed by atoms with van der Waals surface area (Å²) in [6.07, 6.45) is 0.647. The molecule has 3 rings (SSSR count). The van der Waals surface area contributed by atoms with E-state index in [-0.39, 0.29) is 9.79 Å². The van der Waals surface area contributed by atoms with Crippen molar-refractivity contribution in [1.29, 1.82) is 5.26 Å². The van der Waals surface area contributed by atoms with Gasteiger partial charge < -0.3 is 4.90 Å². The summed E-state index contributed by atoms with van der Waals surface area (Å²) in [7, 11) is -7.61. The summed E-state index contributed by atoms with van der Waals surface area (Å²) in [6.45, 7) is 1.88. The zero-order valence-electron chi connectivity index (χ0n) is 15.0. The first-order valence-corrected chi connectivity index (χ1v) is 11.6. The van der Waals surface area contributed by atoms with Crippen molar-refractivity contribution in [2.24, 2.45) is 5.14 Å². The summed E-state index contributed by atoms with van der Waals surface area (Å²) in [6, 6.07) is 14.2. The van der Waals surface area contributed by atoms with Crippen LogP contribution in [0.4, 0.5) is 5.69 Å². The molecule has 2 aromatic rings. The van der Waals surface area contributed by atoms with Gasteiger partial charge in [0.2, 0.25) is 20.0 Å². The normalized spacial score (nSPS) is 16.4. The molecule has 0 atom stereocenters. The quantitative estimate of drug-likeness (QED) is 0.790. The summed E-state index contributed by atoms with van der Waals surface area (Å²) >= 11 is 0. The van der Waals surface area contributed by atoms with Crippen LogP contribution in [-0.2, 0) is 20.0 Å². The van der Waals surface area contributed by atoms with Gasteiger partial charge in [0.15, 0.2) is 0 Å². The first-order chi connectivity index (χ1) is 13.2. The van der Waals surface area contributed by atoms with E-state index in [1.165, 1.54) is 28.6 Å². The summed E-state index contributed by atoms with van der Waals surface area (Å²) in [5, 5.41) is 14.0. The SMILES string of the molecule is N#Cc1ccc(N2CCCN(S(=O)(=O)c3ccc(S(N)(=O)=O)cc3)CC2)cc1. The molecule has 2 aromatic carbocycles. The molecule has 0 radical (unpaired) electrons. The van der Waals surface area contributed by atoms with E-state index in [9.17, 15) is 16.8 Å². The smallest absolute Gasteiger partial charge is 0.243 e. The van der Waals surface area contributed by atoms with E-state index in [1.54, 1.807) is 12.1 Å². The predicted molar refractivity (Wildman–Crippen MR) is 105 cm³/mol. The molecular formula is C18H20N4O4S2. The number of sulfonamides is 2. The number of hydrogen-bond donors (Lipinski definition) is 1. The molecule has 2 N–H and O–H groups in total. The van der Waals surface area contributed by atoms with Crippen LogP contribution in [0.15, 0.2) is 58.3 Å². The zero-order chi connectivity index (χ0) is 20.4. The second-order valence-electron chi connectivity index (χ2n) is 6.42. The topological polar surface area (TPSA) is 125 Å². The number of hydrogen-bond acceptors (Lipinski definition) is 6. The molecule has 1 fully saturated rings. The molecular weight excluding hydrogens is 400 g/mol. The van der Waals surface area contributed by atoms with Crippen LogP contribution in [0.25, 0.3) is 0 Å². The highest BCUT2D eigenvalue weighted by molar-refractivity contribution is 7.89. The highest BCUT2D eigenvalue weighted by Crippen LogP contribution is 2.22. The van der Waals surface area contributed by atoms with Gasteiger partial charge >= 0.3 is 0 Å². The van der Waals surface area contributed by atoms with Gasteiger partial charge in [-0.15, -0.1) is 0 Å². The Bertz CT molecular complexity index is 1090. The molecule has 0 spiro atoms. The third-order valence-corrected chi connectivity index (χ3v) is 7.45. The molecule has 28 heavy (non-hydrogen) atoms. The van der Waals surface area contributed by atoms with Gasteiger partial charge in [0.25, 0.3) is 0 Å². The third kappa shape index (κ3) is 4.34. The summed E-state index contributed by atoms with van der Waals surface area (Å²) < 4.78 is 49.9. The maximum atomic E-state index is 12.9. The van der Waals surface area contributed by atoms with E-state index >= 15 is 0 Å². The zero-order valence-corrected chi connectivity index (χ0v) is 16.7. The standard InChI is InChI=1S/C18H20N4O4S2/c19-14-15-2-4-16(5-3-15)21-10-1-11-22(13-12-21)28(25,26)18-8-6-17(7-9-18)27(20,23)24/h2-9H,1,10-13H2,(H2,20,23,24). The van der Waals surface area contributed by atoms with Gasteiger partial charge in [-0.3, -0.25) is 0 Å². The Balaban J connectivity index is 1.76. The van der Waals surface area contributed by atoms with Gasteiger partial charge in [-0.05, 0) is 55.0 Å². The molecule has 0 unspecified atom stereocenters. The van der Waals surface area contributed by atoms with Crippen LogP contribution in [0.1, 0.15) is 12.0 Å². The van der Waals surface area contributed by atoms with Crippen LogP contribution < -0.4 is 10.0 Å². The molecule has 0 aliphatic carbocycles. The van der Waals surface area contributed by atoms with Gasteiger partial charge in [-0.2, -0.15) is 9.57 Å². The average molecular weight is 421 g/mol. The monoisotopic (exact) mass is 420 g/mol. The second kappa shape index (κ2) is 7.89. The first kappa shape index (κ1) is 20.3. The van der Waals surface area contributed by atoms with Crippen LogP contribution in [0.5, 0.6) is 0 Å². The van der Waals surface area contributed by atoms with Crippen LogP contribution in [0, 0.1) is 11.3 Å². The van der Waals surface area contributed by atoms with Crippen molar-refractivity contribution in [3.63, 3.8) is 0 Å². The van der Waals surface area contributed by atoms with E-state index < -0.39 is 20.0 Å². The van der Waals surface area contributed by atoms with E-state index in [0.717, 1.165) is 5.69 Å². The van der Waals surface area contributed by atoms with Crippen LogP contribution in [-0.4, -0.2) is 47.3 Å². The van der Waals surface area contributed by atoms with E-state index in [1.807, 2.05) is 12.1 Å². The summed E-state index contributed by atoms with van der Waals surface area (Å²) in [5.74, 6) is 0. The predicted octanol–water partition coefficient (Wildman–Crippen LogP) is 1.11. The maximum Gasteiger partial charge on any atom is 0.243 e. The minimum atomic E-state index is -3.87. The van der Waals surface area contributed by atoms with E-state index in [4.69, 9.17) is 10.4 Å². The molecule has 0 saturated carbocycles. The van der Waals surface area contributed by atoms with Crippen LogP contribution in [0.2, 0.25) is 0 Å². The van der Waals surface area contributed by atoms with Crippen molar-refractivity contribution >= 4 is 25.7 Å². The molecule has 0 amide bonds. The molecule has 10 heteroatoms. The van der Waals surface area contributed by atoms with Gasteiger partial charge in [-0.1, -0.05) is 0 Å². The minimum absolute atomic E-state index is 0.0340. The van der Waals surface area contributed by atoms with Gasteiger partial charge in [0, 0.05) is 31.9 Å². The van der Waals surface area contributed by atoms with E-state index in [2.05, 4.69) is 11.0 Å². The number of benzene rings is 2. The molecule has 1 aliphatic heterocycles. The van der Waals surface area contributed by atoms with Crippen molar-refractivity contribution < 1.29 is 16.8 Å². The van der Waals surface area contributed by atoms with Crippen molar-refractivity contribution in [1.82, 2.24) is 4.31 Å². The van der Waals surface area contributed by atoms with Crippen molar-refractivity contribution in [3.8, 4) is 6.07 Å². The highest BCUT2D eigenvalue weighted by atomic mass is 32.2. The average Bonchev–Trinajstić information content (AvgIpc) is 2.94. The number of nitrogens with zero attached hydrogens (tertiary/aromatic N) is 3. The van der Waals surface area contributed by atoms with Gasteiger partial charge in [0.05, 0.1) is 21.4 Å². The fourth-order valence-corrected chi connectivity index (χ4v) is 5.07. The highest BCUT2D eigenvalue weighted by Gasteiger charge is 2.27. The molecule has 0 aromatic heterocycles. The maximum absolute atomic E-state index is 12.9. The number of nitrogens with two attached hydrogens (primary N) is 1. The Morgan fingerprint density at radius 1 is 0.821 bits per heavy atom. The fraction of sp³-hybridized carbons (Fsp3) is 0.278.